The van der Waals surface area contributed by atoms with Gasteiger partial charge in [0.15, 0.2) is 11.5 Å². The van der Waals surface area contributed by atoms with Crippen LogP contribution in [0.2, 0.25) is 0 Å². The molecule has 3 rings (SSSR count). The lowest BCUT2D eigenvalue weighted by Crippen LogP contribution is -2.37. The van der Waals surface area contributed by atoms with Crippen molar-refractivity contribution >= 4 is 40.1 Å². The van der Waals surface area contributed by atoms with E-state index < -0.39 is 22.5 Å². The van der Waals surface area contributed by atoms with Crippen LogP contribution in [0.1, 0.15) is 13.8 Å². The first-order valence-corrected chi connectivity index (χ1v) is 9.96. The predicted octanol–water partition coefficient (Wildman–Crippen LogP) is 1.80. The van der Waals surface area contributed by atoms with Gasteiger partial charge in [0.05, 0.1) is 11.5 Å². The number of esters is 1. The van der Waals surface area contributed by atoms with Crippen molar-refractivity contribution < 1.29 is 9.53 Å². The number of carbonyl (C=O) groups is 1. The smallest absolute Gasteiger partial charge is 0.332 e. The number of rotatable bonds is 5. The van der Waals surface area contributed by atoms with Crippen LogP contribution in [0.5, 0.6) is 0 Å². The maximum absolute atomic E-state index is 12.7. The predicted molar refractivity (Wildman–Crippen MR) is 105 cm³/mol. The zero-order chi connectivity index (χ0) is 19.7. The lowest BCUT2D eigenvalue weighted by Gasteiger charge is -2.14. The lowest BCUT2D eigenvalue weighted by atomic mass is 10.3. The Morgan fingerprint density at radius 1 is 1.30 bits per heavy atom. The standard InChI is InChI=1S/C17H18N4O4S2/c1-5-25-16(23)9(2)27-14-11-13(20(3)17(24)21(4)15(11)22)18-12(19-14)10-7-6-8-26-10/h6-9H,5H2,1-4H3/t9-/m1/s1. The van der Waals surface area contributed by atoms with Gasteiger partial charge >= 0.3 is 11.7 Å². The second kappa shape index (κ2) is 7.65. The third-order valence-electron chi connectivity index (χ3n) is 3.92. The van der Waals surface area contributed by atoms with Crippen molar-refractivity contribution in [3.63, 3.8) is 0 Å². The summed E-state index contributed by atoms with van der Waals surface area (Å²) in [7, 11) is 2.96. The second-order valence-electron chi connectivity index (χ2n) is 5.75. The molecule has 8 nitrogen and oxygen atoms in total. The van der Waals surface area contributed by atoms with Gasteiger partial charge in [-0.3, -0.25) is 18.7 Å². The van der Waals surface area contributed by atoms with Crippen LogP contribution in [0.25, 0.3) is 21.7 Å². The van der Waals surface area contributed by atoms with Gasteiger partial charge in [0.1, 0.15) is 15.7 Å². The molecule has 0 aromatic carbocycles. The highest BCUT2D eigenvalue weighted by Crippen LogP contribution is 2.30. The van der Waals surface area contributed by atoms with E-state index in [9.17, 15) is 14.4 Å². The average molecular weight is 406 g/mol. The van der Waals surface area contributed by atoms with E-state index in [2.05, 4.69) is 9.97 Å². The van der Waals surface area contributed by atoms with Gasteiger partial charge in [0.25, 0.3) is 5.56 Å². The molecule has 0 spiro atoms. The number of thiophene rings is 1. The van der Waals surface area contributed by atoms with Crippen LogP contribution in [0.3, 0.4) is 0 Å². The van der Waals surface area contributed by atoms with Crippen LogP contribution >= 0.6 is 23.1 Å². The highest BCUT2D eigenvalue weighted by molar-refractivity contribution is 8.00. The molecule has 3 aromatic heterocycles. The summed E-state index contributed by atoms with van der Waals surface area (Å²) < 4.78 is 7.37. The summed E-state index contributed by atoms with van der Waals surface area (Å²) in [4.78, 5) is 46.9. The second-order valence-corrected chi connectivity index (χ2v) is 8.02. The molecular weight excluding hydrogens is 388 g/mol. The number of hydrogen-bond donors (Lipinski definition) is 0. The Morgan fingerprint density at radius 3 is 2.67 bits per heavy atom. The molecular formula is C17H18N4O4S2. The summed E-state index contributed by atoms with van der Waals surface area (Å²) in [6, 6.07) is 3.72. The van der Waals surface area contributed by atoms with Crippen LogP contribution in [0, 0.1) is 0 Å². The first-order valence-electron chi connectivity index (χ1n) is 8.20. The number of aromatic nitrogens is 4. The SMILES string of the molecule is CCOC(=O)[C@@H](C)Sc1nc(-c2cccs2)nc2c1c(=O)n(C)c(=O)n2C. The van der Waals surface area contributed by atoms with Crippen molar-refractivity contribution in [2.24, 2.45) is 14.1 Å². The monoisotopic (exact) mass is 406 g/mol. The topological polar surface area (TPSA) is 96.1 Å². The summed E-state index contributed by atoms with van der Waals surface area (Å²) in [5.41, 5.74) is -0.734. The highest BCUT2D eigenvalue weighted by Gasteiger charge is 2.23. The van der Waals surface area contributed by atoms with Gasteiger partial charge in [-0.25, -0.2) is 14.8 Å². The summed E-state index contributed by atoms with van der Waals surface area (Å²) in [6.45, 7) is 3.69. The van der Waals surface area contributed by atoms with Gasteiger partial charge in [-0.1, -0.05) is 17.8 Å². The van der Waals surface area contributed by atoms with Gasteiger partial charge in [-0.2, -0.15) is 0 Å². The Balaban J connectivity index is 2.27. The van der Waals surface area contributed by atoms with E-state index in [4.69, 9.17) is 4.74 Å². The van der Waals surface area contributed by atoms with Crippen LogP contribution in [-0.2, 0) is 23.6 Å². The van der Waals surface area contributed by atoms with Crippen LogP contribution in [0.4, 0.5) is 0 Å². The van der Waals surface area contributed by atoms with Gasteiger partial charge in [-0.05, 0) is 25.3 Å². The van der Waals surface area contributed by atoms with Crippen molar-refractivity contribution in [2.75, 3.05) is 6.61 Å². The first kappa shape index (κ1) is 19.3. The van der Waals surface area contributed by atoms with E-state index in [-0.39, 0.29) is 17.6 Å². The van der Waals surface area contributed by atoms with Crippen LogP contribution in [0.15, 0.2) is 32.1 Å². The molecule has 0 saturated carbocycles. The molecule has 0 bridgehead atoms. The quantitative estimate of drug-likeness (QED) is 0.362. The molecule has 10 heteroatoms. The minimum Gasteiger partial charge on any atom is -0.465 e. The number of fused-ring (bicyclic) bond motifs is 1. The zero-order valence-corrected chi connectivity index (χ0v) is 16.9. The number of nitrogens with zero attached hydrogens (tertiary/aromatic N) is 4. The maximum Gasteiger partial charge on any atom is 0.332 e. The number of ether oxygens (including phenoxy) is 1. The maximum atomic E-state index is 12.7. The molecule has 0 saturated heterocycles. The molecule has 3 heterocycles. The first-order chi connectivity index (χ1) is 12.8. The Hall–Kier alpha value is -2.46. The van der Waals surface area contributed by atoms with Crippen molar-refractivity contribution in [3.05, 3.63) is 38.4 Å². The normalized spacial score (nSPS) is 12.3. The number of carbonyl (C=O) groups excluding carboxylic acids is 1. The molecule has 0 aliphatic heterocycles. The third-order valence-corrected chi connectivity index (χ3v) is 5.85. The molecule has 0 aliphatic rings. The molecule has 1 atom stereocenters. The van der Waals surface area contributed by atoms with Crippen molar-refractivity contribution in [1.29, 1.82) is 0 Å². The van der Waals surface area contributed by atoms with Gasteiger partial charge in [0.2, 0.25) is 0 Å². The molecule has 0 unspecified atom stereocenters. The molecule has 142 valence electrons. The third kappa shape index (κ3) is 3.54. The molecule has 0 N–H and O–H groups in total. The van der Waals surface area contributed by atoms with E-state index in [1.165, 1.54) is 23.0 Å². The number of hydrogen-bond acceptors (Lipinski definition) is 8. The largest absolute Gasteiger partial charge is 0.465 e. The number of aryl methyl sites for hydroxylation is 1. The minimum absolute atomic E-state index is 0.209. The molecule has 0 radical (unpaired) electrons. The van der Waals surface area contributed by atoms with Crippen LogP contribution < -0.4 is 11.2 Å². The van der Waals surface area contributed by atoms with Gasteiger partial charge < -0.3 is 4.74 Å². The number of thioether (sulfide) groups is 1. The molecule has 27 heavy (non-hydrogen) atoms. The summed E-state index contributed by atoms with van der Waals surface area (Å²) in [6.07, 6.45) is 0. The summed E-state index contributed by atoms with van der Waals surface area (Å²) in [5, 5.41) is 1.88. The van der Waals surface area contributed by atoms with Crippen molar-refractivity contribution in [3.8, 4) is 10.7 Å². The van der Waals surface area contributed by atoms with E-state index in [1.54, 1.807) is 20.9 Å². The zero-order valence-electron chi connectivity index (χ0n) is 15.3. The average Bonchev–Trinajstić information content (AvgIpc) is 3.19. The van der Waals surface area contributed by atoms with Gasteiger partial charge in [-0.15, -0.1) is 11.3 Å². The molecule has 0 fully saturated rings. The van der Waals surface area contributed by atoms with Crippen molar-refractivity contribution in [2.45, 2.75) is 24.1 Å². The van der Waals surface area contributed by atoms with E-state index >= 15 is 0 Å². The Bertz CT molecular complexity index is 1120. The summed E-state index contributed by atoms with van der Waals surface area (Å²) >= 11 is 2.57. The van der Waals surface area contributed by atoms with Crippen LogP contribution in [-0.4, -0.2) is 36.9 Å². The molecule has 0 amide bonds. The van der Waals surface area contributed by atoms with E-state index in [0.717, 1.165) is 21.2 Å². The van der Waals surface area contributed by atoms with E-state index in [0.29, 0.717) is 10.9 Å². The van der Waals surface area contributed by atoms with Gasteiger partial charge in [0, 0.05) is 14.1 Å². The fraction of sp³-hybridized carbons (Fsp3) is 0.353. The lowest BCUT2D eigenvalue weighted by molar-refractivity contribution is -0.142. The Labute approximate surface area is 162 Å². The summed E-state index contributed by atoms with van der Waals surface area (Å²) in [5.74, 6) is 0.00731. The van der Waals surface area contributed by atoms with E-state index in [1.807, 2.05) is 17.5 Å². The fourth-order valence-electron chi connectivity index (χ4n) is 2.51. The molecule has 0 aliphatic carbocycles. The highest BCUT2D eigenvalue weighted by atomic mass is 32.2. The minimum atomic E-state index is -0.568. The fourth-order valence-corrected chi connectivity index (χ4v) is 4.10. The Morgan fingerprint density at radius 2 is 2.04 bits per heavy atom. The van der Waals surface area contributed by atoms with Crippen molar-refractivity contribution in [1.82, 2.24) is 19.1 Å². The Kier molecular flexibility index (Phi) is 5.47. The molecule has 3 aromatic rings.